The molecule has 0 saturated heterocycles. The Morgan fingerprint density at radius 3 is 2.81 bits per heavy atom. The molecule has 0 fully saturated rings. The molecule has 0 bridgehead atoms. The molecule has 16 heavy (non-hydrogen) atoms. The van der Waals surface area contributed by atoms with Crippen LogP contribution in [-0.4, -0.2) is 9.55 Å². The third-order valence-electron chi connectivity index (χ3n) is 2.40. The summed E-state index contributed by atoms with van der Waals surface area (Å²) in [6, 6.07) is 7.87. The molecule has 1 aromatic carbocycles. The average Bonchev–Trinajstić information content (AvgIpc) is 2.56. The second-order valence-electron chi connectivity index (χ2n) is 3.44. The highest BCUT2D eigenvalue weighted by molar-refractivity contribution is 9.10. The van der Waals surface area contributed by atoms with Gasteiger partial charge < -0.3 is 10.3 Å². The highest BCUT2D eigenvalue weighted by Crippen LogP contribution is 2.29. The van der Waals surface area contributed by atoms with E-state index in [-0.39, 0.29) is 0 Å². The number of halogens is 2. The summed E-state index contributed by atoms with van der Waals surface area (Å²) in [5.74, 6) is 0.778. The third kappa shape index (κ3) is 2.00. The van der Waals surface area contributed by atoms with Crippen LogP contribution >= 0.6 is 27.5 Å². The van der Waals surface area contributed by atoms with Crippen molar-refractivity contribution in [2.75, 3.05) is 0 Å². The van der Waals surface area contributed by atoms with E-state index in [2.05, 4.69) is 20.9 Å². The molecule has 1 aromatic heterocycles. The zero-order valence-electron chi connectivity index (χ0n) is 8.74. The predicted molar refractivity (Wildman–Crippen MR) is 69.2 cm³/mol. The number of imidazole rings is 1. The maximum absolute atomic E-state index is 6.21. The molecule has 5 heteroatoms. The standard InChI is InChI=1S/C11H11BrClN3/c1-16-9(6-14)15-10(11(16)13)7-3-2-4-8(12)5-7/h2-5H,6,14H2,1H3. The SMILES string of the molecule is Cn1c(CN)nc(-c2cccc(Br)c2)c1Cl. The first kappa shape index (κ1) is 11.6. The van der Waals surface area contributed by atoms with Crippen LogP contribution in [0.5, 0.6) is 0 Å². The van der Waals surface area contributed by atoms with E-state index in [1.54, 1.807) is 4.57 Å². The van der Waals surface area contributed by atoms with Crippen molar-refractivity contribution in [3.63, 3.8) is 0 Å². The first-order valence-electron chi connectivity index (χ1n) is 4.80. The molecule has 2 aromatic rings. The summed E-state index contributed by atoms with van der Waals surface area (Å²) in [7, 11) is 1.86. The normalized spacial score (nSPS) is 10.8. The van der Waals surface area contributed by atoms with Gasteiger partial charge in [0, 0.05) is 17.1 Å². The molecule has 0 aliphatic heterocycles. The van der Waals surface area contributed by atoms with Crippen LogP contribution in [0.15, 0.2) is 28.7 Å². The van der Waals surface area contributed by atoms with Gasteiger partial charge in [-0.15, -0.1) is 0 Å². The molecule has 1 heterocycles. The van der Waals surface area contributed by atoms with Gasteiger partial charge in [0.05, 0.1) is 6.54 Å². The maximum Gasteiger partial charge on any atom is 0.136 e. The van der Waals surface area contributed by atoms with Crippen molar-refractivity contribution in [2.24, 2.45) is 12.8 Å². The summed E-state index contributed by atoms with van der Waals surface area (Å²) < 4.78 is 2.80. The Morgan fingerprint density at radius 1 is 1.50 bits per heavy atom. The van der Waals surface area contributed by atoms with E-state index >= 15 is 0 Å². The monoisotopic (exact) mass is 299 g/mol. The highest BCUT2D eigenvalue weighted by atomic mass is 79.9. The lowest BCUT2D eigenvalue weighted by Gasteiger charge is -1.99. The Morgan fingerprint density at radius 2 is 2.25 bits per heavy atom. The van der Waals surface area contributed by atoms with Crippen molar-refractivity contribution in [3.8, 4) is 11.3 Å². The number of benzene rings is 1. The lowest BCUT2D eigenvalue weighted by Crippen LogP contribution is -2.04. The predicted octanol–water partition coefficient (Wildman–Crippen LogP) is 2.96. The molecular formula is C11H11BrClN3. The topological polar surface area (TPSA) is 43.8 Å². The molecule has 0 amide bonds. The Kier molecular flexibility index (Phi) is 3.33. The summed E-state index contributed by atoms with van der Waals surface area (Å²) in [4.78, 5) is 4.42. The fourth-order valence-corrected chi connectivity index (χ4v) is 2.17. The summed E-state index contributed by atoms with van der Waals surface area (Å²) in [5, 5.41) is 0.610. The minimum absolute atomic E-state index is 0.379. The van der Waals surface area contributed by atoms with Gasteiger partial charge in [0.15, 0.2) is 0 Å². The van der Waals surface area contributed by atoms with Gasteiger partial charge in [-0.3, -0.25) is 0 Å². The van der Waals surface area contributed by atoms with Gasteiger partial charge >= 0.3 is 0 Å². The van der Waals surface area contributed by atoms with Crippen LogP contribution in [0.1, 0.15) is 5.82 Å². The molecule has 2 rings (SSSR count). The first-order chi connectivity index (χ1) is 7.63. The number of rotatable bonds is 2. The van der Waals surface area contributed by atoms with Crippen LogP contribution in [0.25, 0.3) is 11.3 Å². The number of hydrogen-bond acceptors (Lipinski definition) is 2. The molecule has 0 spiro atoms. The second kappa shape index (κ2) is 4.57. The van der Waals surface area contributed by atoms with E-state index in [9.17, 15) is 0 Å². The van der Waals surface area contributed by atoms with E-state index in [4.69, 9.17) is 17.3 Å². The van der Waals surface area contributed by atoms with Gasteiger partial charge in [0.1, 0.15) is 16.7 Å². The van der Waals surface area contributed by atoms with E-state index < -0.39 is 0 Å². The minimum atomic E-state index is 0.379. The van der Waals surface area contributed by atoms with Crippen molar-refractivity contribution >= 4 is 27.5 Å². The van der Waals surface area contributed by atoms with Gasteiger partial charge in [-0.1, -0.05) is 39.7 Å². The van der Waals surface area contributed by atoms with Crippen molar-refractivity contribution in [2.45, 2.75) is 6.54 Å². The summed E-state index contributed by atoms with van der Waals surface area (Å²) >= 11 is 9.63. The van der Waals surface area contributed by atoms with Crippen molar-refractivity contribution in [1.82, 2.24) is 9.55 Å². The van der Waals surface area contributed by atoms with Crippen LogP contribution in [0.4, 0.5) is 0 Å². The molecule has 0 radical (unpaired) electrons. The third-order valence-corrected chi connectivity index (χ3v) is 3.32. The number of nitrogens with two attached hydrogens (primary N) is 1. The Balaban J connectivity index is 2.56. The fraction of sp³-hybridized carbons (Fsp3) is 0.182. The van der Waals surface area contributed by atoms with Gasteiger partial charge in [0.2, 0.25) is 0 Å². The highest BCUT2D eigenvalue weighted by Gasteiger charge is 2.13. The van der Waals surface area contributed by atoms with Gasteiger partial charge in [-0.05, 0) is 12.1 Å². The van der Waals surface area contributed by atoms with Gasteiger partial charge in [-0.25, -0.2) is 4.98 Å². The number of aromatic nitrogens is 2. The zero-order chi connectivity index (χ0) is 11.7. The molecule has 0 aliphatic rings. The van der Waals surface area contributed by atoms with Crippen LogP contribution in [-0.2, 0) is 13.6 Å². The molecule has 0 atom stereocenters. The average molecular weight is 301 g/mol. The van der Waals surface area contributed by atoms with Gasteiger partial charge in [0.25, 0.3) is 0 Å². The lowest BCUT2D eigenvalue weighted by molar-refractivity contribution is 0.794. The molecule has 0 unspecified atom stereocenters. The molecule has 2 N–H and O–H groups in total. The Hall–Kier alpha value is -0.840. The molecule has 84 valence electrons. The summed E-state index contributed by atoms with van der Waals surface area (Å²) in [5.41, 5.74) is 7.34. The number of nitrogens with zero attached hydrogens (tertiary/aromatic N) is 2. The first-order valence-corrected chi connectivity index (χ1v) is 5.97. The summed E-state index contributed by atoms with van der Waals surface area (Å²) in [6.07, 6.45) is 0. The van der Waals surface area contributed by atoms with E-state index in [1.165, 1.54) is 0 Å². The van der Waals surface area contributed by atoms with Crippen molar-refractivity contribution < 1.29 is 0 Å². The smallest absolute Gasteiger partial charge is 0.136 e. The summed E-state index contributed by atoms with van der Waals surface area (Å²) in [6.45, 7) is 0.379. The molecular weight excluding hydrogens is 289 g/mol. The zero-order valence-corrected chi connectivity index (χ0v) is 11.1. The van der Waals surface area contributed by atoms with Crippen LogP contribution in [0.2, 0.25) is 5.15 Å². The van der Waals surface area contributed by atoms with Crippen molar-refractivity contribution in [1.29, 1.82) is 0 Å². The number of hydrogen-bond donors (Lipinski definition) is 1. The van der Waals surface area contributed by atoms with Crippen LogP contribution in [0.3, 0.4) is 0 Å². The van der Waals surface area contributed by atoms with Crippen LogP contribution < -0.4 is 5.73 Å². The maximum atomic E-state index is 6.21. The largest absolute Gasteiger partial charge is 0.324 e. The molecule has 0 aliphatic carbocycles. The van der Waals surface area contributed by atoms with E-state index in [0.717, 1.165) is 21.6 Å². The minimum Gasteiger partial charge on any atom is -0.324 e. The lowest BCUT2D eigenvalue weighted by atomic mass is 10.2. The van der Waals surface area contributed by atoms with Crippen molar-refractivity contribution in [3.05, 3.63) is 39.7 Å². The van der Waals surface area contributed by atoms with Gasteiger partial charge in [-0.2, -0.15) is 0 Å². The van der Waals surface area contributed by atoms with E-state index in [1.807, 2.05) is 31.3 Å². The van der Waals surface area contributed by atoms with Crippen LogP contribution in [0, 0.1) is 0 Å². The fourth-order valence-electron chi connectivity index (χ4n) is 1.52. The molecule has 3 nitrogen and oxygen atoms in total. The Bertz CT molecular complexity index is 522. The Labute approximate surface area is 107 Å². The van der Waals surface area contributed by atoms with E-state index in [0.29, 0.717) is 11.7 Å². The molecule has 0 saturated carbocycles. The second-order valence-corrected chi connectivity index (χ2v) is 4.71. The quantitative estimate of drug-likeness (QED) is 0.926.